The minimum Gasteiger partial charge on any atom is -0.481 e. The molecule has 1 aromatic rings. The Balaban J connectivity index is 2.35. The van der Waals surface area contributed by atoms with Crippen molar-refractivity contribution in [2.75, 3.05) is 13.1 Å². The number of rotatable bonds is 12. The van der Waals surface area contributed by atoms with Gasteiger partial charge in [-0.05, 0) is 37.0 Å². The summed E-state index contributed by atoms with van der Waals surface area (Å²) in [5, 5.41) is 28.1. The fourth-order valence-corrected chi connectivity index (χ4v) is 2.78. The highest BCUT2D eigenvalue weighted by molar-refractivity contribution is 7.89. The molecule has 0 spiro atoms. The molecule has 0 saturated heterocycles. The topological polar surface area (TPSA) is 162 Å². The second-order valence-corrected chi connectivity index (χ2v) is 7.58. The number of amides is 1. The van der Waals surface area contributed by atoms with Gasteiger partial charge in [0.2, 0.25) is 10.0 Å². The number of primary sulfonamides is 1. The number of nitriles is 1. The Morgan fingerprint density at radius 1 is 1.14 bits per heavy atom. The first kappa shape index (κ1) is 23.1. The molecule has 0 atom stereocenters. The maximum atomic E-state index is 11.9. The minimum absolute atomic E-state index is 0.0375. The van der Waals surface area contributed by atoms with Crippen molar-refractivity contribution in [2.45, 2.75) is 37.0 Å². The Hall–Kier alpha value is -2.90. The first-order chi connectivity index (χ1) is 13.2. The maximum Gasteiger partial charge on any atom is 0.303 e. The molecule has 0 aliphatic carbocycles. The van der Waals surface area contributed by atoms with Gasteiger partial charge in [-0.2, -0.15) is 5.26 Å². The van der Waals surface area contributed by atoms with Crippen molar-refractivity contribution in [3.63, 3.8) is 0 Å². The van der Waals surface area contributed by atoms with Crippen molar-refractivity contribution in [3.05, 3.63) is 41.6 Å². The molecule has 0 bridgehead atoms. The monoisotopic (exact) mass is 408 g/mol. The van der Waals surface area contributed by atoms with Gasteiger partial charge in [0.25, 0.3) is 5.91 Å². The Kier molecular flexibility index (Phi) is 9.70. The van der Waals surface area contributed by atoms with Gasteiger partial charge in [-0.1, -0.05) is 18.6 Å². The third-order valence-electron chi connectivity index (χ3n) is 3.77. The van der Waals surface area contributed by atoms with E-state index in [-0.39, 0.29) is 16.9 Å². The van der Waals surface area contributed by atoms with Crippen molar-refractivity contribution in [1.82, 2.24) is 10.6 Å². The van der Waals surface area contributed by atoms with E-state index in [2.05, 4.69) is 10.6 Å². The molecule has 1 aromatic carbocycles. The minimum atomic E-state index is -3.72. The molecule has 1 amide bonds. The van der Waals surface area contributed by atoms with Crippen LogP contribution in [0.15, 0.2) is 40.9 Å². The summed E-state index contributed by atoms with van der Waals surface area (Å²) in [4.78, 5) is 22.3. The Morgan fingerprint density at radius 2 is 1.82 bits per heavy atom. The Labute approximate surface area is 164 Å². The Bertz CT molecular complexity index is 842. The highest BCUT2D eigenvalue weighted by Crippen LogP contribution is 2.09. The molecule has 28 heavy (non-hydrogen) atoms. The van der Waals surface area contributed by atoms with Crippen LogP contribution in [0.1, 0.15) is 31.2 Å². The van der Waals surface area contributed by atoms with E-state index in [4.69, 9.17) is 15.5 Å². The van der Waals surface area contributed by atoms with Gasteiger partial charge >= 0.3 is 5.97 Å². The van der Waals surface area contributed by atoms with E-state index in [1.807, 2.05) is 6.07 Å². The smallest absolute Gasteiger partial charge is 0.303 e. The van der Waals surface area contributed by atoms with E-state index in [1.54, 1.807) is 12.1 Å². The van der Waals surface area contributed by atoms with Crippen molar-refractivity contribution in [3.8, 4) is 6.07 Å². The number of unbranched alkanes of at least 4 members (excludes halogenated alkanes) is 2. The van der Waals surface area contributed by atoms with Crippen LogP contribution in [0, 0.1) is 11.3 Å². The van der Waals surface area contributed by atoms with Crippen LogP contribution in [0.3, 0.4) is 0 Å². The Morgan fingerprint density at radius 3 is 2.39 bits per heavy atom. The number of benzene rings is 1. The molecule has 0 fully saturated rings. The predicted molar refractivity (Wildman–Crippen MR) is 102 cm³/mol. The van der Waals surface area contributed by atoms with E-state index < -0.39 is 21.9 Å². The van der Waals surface area contributed by atoms with E-state index in [0.717, 1.165) is 5.56 Å². The molecule has 0 unspecified atom stereocenters. The number of nitrogens with two attached hydrogens (primary N) is 1. The molecule has 0 aliphatic rings. The molecule has 1 rings (SSSR count). The van der Waals surface area contributed by atoms with Gasteiger partial charge in [-0.3, -0.25) is 9.59 Å². The zero-order valence-corrected chi connectivity index (χ0v) is 16.2. The molecule has 152 valence electrons. The predicted octanol–water partition coefficient (Wildman–Crippen LogP) is 0.635. The van der Waals surface area contributed by atoms with Crippen LogP contribution in [-0.4, -0.2) is 38.5 Å². The number of sulfonamides is 1. The summed E-state index contributed by atoms with van der Waals surface area (Å²) < 4.78 is 22.4. The van der Waals surface area contributed by atoms with Crippen molar-refractivity contribution in [1.29, 1.82) is 5.26 Å². The lowest BCUT2D eigenvalue weighted by Gasteiger charge is -2.06. The van der Waals surface area contributed by atoms with E-state index in [9.17, 15) is 18.0 Å². The van der Waals surface area contributed by atoms with Crippen LogP contribution in [-0.2, 0) is 26.0 Å². The van der Waals surface area contributed by atoms with Crippen LogP contribution in [0.5, 0.6) is 0 Å². The average molecular weight is 408 g/mol. The SMILES string of the molecule is N#C/C(=C/NCCc1ccc(S(N)(=O)=O)cc1)C(=O)NCCCCCC(=O)O. The van der Waals surface area contributed by atoms with Crippen LogP contribution in [0.2, 0.25) is 0 Å². The number of hydrogen-bond acceptors (Lipinski definition) is 6. The van der Waals surface area contributed by atoms with Gasteiger partial charge < -0.3 is 15.7 Å². The first-order valence-corrected chi connectivity index (χ1v) is 10.2. The second kappa shape index (κ2) is 11.7. The van der Waals surface area contributed by atoms with E-state index in [1.165, 1.54) is 18.3 Å². The third-order valence-corrected chi connectivity index (χ3v) is 4.70. The highest BCUT2D eigenvalue weighted by Gasteiger charge is 2.08. The number of nitrogens with zero attached hydrogens (tertiary/aromatic N) is 1. The molecule has 0 aliphatic heterocycles. The summed E-state index contributed by atoms with van der Waals surface area (Å²) in [6.07, 6.45) is 3.86. The number of nitrogens with one attached hydrogen (secondary N) is 2. The van der Waals surface area contributed by atoms with Gasteiger partial charge in [0.1, 0.15) is 11.6 Å². The standard InChI is InChI=1S/C18H24N4O5S/c19-12-15(18(25)22-10-3-1-2-4-17(23)24)13-21-11-9-14-5-7-16(8-6-14)28(20,26)27/h5-8,13,21H,1-4,9-11H2,(H,22,25)(H,23,24)(H2,20,26,27)/b15-13-. The molecule has 10 heteroatoms. The van der Waals surface area contributed by atoms with E-state index >= 15 is 0 Å². The number of carboxylic acids is 1. The summed E-state index contributed by atoms with van der Waals surface area (Å²) in [5.74, 6) is -1.34. The molecule has 9 nitrogen and oxygen atoms in total. The number of aliphatic carboxylic acids is 1. The lowest BCUT2D eigenvalue weighted by atomic mass is 10.1. The van der Waals surface area contributed by atoms with Crippen LogP contribution in [0.4, 0.5) is 0 Å². The summed E-state index contributed by atoms with van der Waals surface area (Å²) in [5.41, 5.74) is 0.813. The molecular weight excluding hydrogens is 384 g/mol. The second-order valence-electron chi connectivity index (χ2n) is 6.02. The number of hydrogen-bond donors (Lipinski definition) is 4. The summed E-state index contributed by atoms with van der Waals surface area (Å²) in [6.45, 7) is 0.816. The van der Waals surface area contributed by atoms with Crippen molar-refractivity contribution in [2.24, 2.45) is 5.14 Å². The largest absolute Gasteiger partial charge is 0.481 e. The molecule has 0 saturated carbocycles. The summed E-state index contributed by atoms with van der Waals surface area (Å²) in [7, 11) is -3.72. The van der Waals surface area contributed by atoms with Gasteiger partial charge in [0, 0.05) is 25.7 Å². The fourth-order valence-electron chi connectivity index (χ4n) is 2.26. The first-order valence-electron chi connectivity index (χ1n) is 8.69. The van der Waals surface area contributed by atoms with Crippen LogP contribution < -0.4 is 15.8 Å². The molecule has 5 N–H and O–H groups in total. The van der Waals surface area contributed by atoms with E-state index in [0.29, 0.717) is 38.8 Å². The fraction of sp³-hybridized carbons (Fsp3) is 0.389. The normalized spacial score (nSPS) is 11.5. The summed E-state index contributed by atoms with van der Waals surface area (Å²) >= 11 is 0. The number of carbonyl (C=O) groups excluding carboxylic acids is 1. The summed E-state index contributed by atoms with van der Waals surface area (Å²) in [6, 6.07) is 7.96. The molecule has 0 heterocycles. The number of carbonyl (C=O) groups is 2. The van der Waals surface area contributed by atoms with Crippen molar-refractivity contribution < 1.29 is 23.1 Å². The zero-order chi connectivity index (χ0) is 21.0. The highest BCUT2D eigenvalue weighted by atomic mass is 32.2. The van der Waals surface area contributed by atoms with Gasteiger partial charge in [0.05, 0.1) is 4.90 Å². The lowest BCUT2D eigenvalue weighted by Crippen LogP contribution is -2.27. The zero-order valence-electron chi connectivity index (χ0n) is 15.3. The average Bonchev–Trinajstić information content (AvgIpc) is 2.64. The number of carboxylic acid groups (broad SMARTS) is 1. The van der Waals surface area contributed by atoms with Gasteiger partial charge in [0.15, 0.2) is 0 Å². The lowest BCUT2D eigenvalue weighted by molar-refractivity contribution is -0.137. The molecule has 0 aromatic heterocycles. The third kappa shape index (κ3) is 9.16. The molecular formula is C18H24N4O5S. The quantitative estimate of drug-likeness (QED) is 0.224. The van der Waals surface area contributed by atoms with Crippen LogP contribution in [0.25, 0.3) is 0 Å². The van der Waals surface area contributed by atoms with Gasteiger partial charge in [-0.15, -0.1) is 0 Å². The van der Waals surface area contributed by atoms with Gasteiger partial charge in [-0.25, -0.2) is 13.6 Å². The van der Waals surface area contributed by atoms with Crippen molar-refractivity contribution >= 4 is 21.9 Å². The molecule has 0 radical (unpaired) electrons. The maximum absolute atomic E-state index is 11.9. The van der Waals surface area contributed by atoms with Crippen LogP contribution >= 0.6 is 0 Å².